The summed E-state index contributed by atoms with van der Waals surface area (Å²) in [4.78, 5) is 16.4. The van der Waals surface area contributed by atoms with Crippen molar-refractivity contribution in [2.24, 2.45) is 0 Å². The summed E-state index contributed by atoms with van der Waals surface area (Å²) in [5.74, 6) is 0. The molecule has 1 aliphatic carbocycles. The van der Waals surface area contributed by atoms with E-state index in [1.807, 2.05) is 0 Å². The van der Waals surface area contributed by atoms with E-state index in [1.165, 1.54) is 27.6 Å². The molecule has 0 saturated carbocycles. The lowest BCUT2D eigenvalue weighted by Crippen LogP contribution is -2.48. The Morgan fingerprint density at radius 3 is 3.20 bits per heavy atom. The van der Waals surface area contributed by atoms with Crippen LogP contribution in [0, 0.1) is 0 Å². The van der Waals surface area contributed by atoms with Gasteiger partial charge in [0.25, 0.3) is 0 Å². The van der Waals surface area contributed by atoms with Gasteiger partial charge in [-0.2, -0.15) is 0 Å². The zero-order valence-electron chi connectivity index (χ0n) is 11.4. The average Bonchev–Trinajstić information content (AvgIpc) is 2.86. The molecule has 0 radical (unpaired) electrons. The molecule has 2 atom stereocenters. The largest absolute Gasteiger partial charge is 0.361 e. The molecule has 1 aliphatic heterocycles. The fourth-order valence-electron chi connectivity index (χ4n) is 3.64. The summed E-state index contributed by atoms with van der Waals surface area (Å²) in [6.45, 7) is 0.864. The van der Waals surface area contributed by atoms with Gasteiger partial charge in [0.2, 0.25) is 6.41 Å². The van der Waals surface area contributed by atoms with Gasteiger partial charge in [0.1, 0.15) is 0 Å². The number of rotatable bonds is 2. The summed E-state index contributed by atoms with van der Waals surface area (Å²) < 4.78 is 0. The van der Waals surface area contributed by atoms with E-state index in [1.54, 1.807) is 0 Å². The minimum Gasteiger partial charge on any atom is -0.361 e. The Morgan fingerprint density at radius 1 is 1.45 bits per heavy atom. The van der Waals surface area contributed by atoms with Gasteiger partial charge < -0.3 is 10.3 Å². The lowest BCUT2D eigenvalue weighted by atomic mass is 9.81. The smallest absolute Gasteiger partial charge is 0.207 e. The maximum Gasteiger partial charge on any atom is 0.207 e. The number of H-pyrrole nitrogens is 1. The fraction of sp³-hybridized carbons (Fsp3) is 0.312. The average molecular weight is 267 g/mol. The molecule has 1 aromatic carbocycles. The molecule has 0 bridgehead atoms. The van der Waals surface area contributed by atoms with Crippen molar-refractivity contribution < 1.29 is 4.79 Å². The van der Waals surface area contributed by atoms with Crippen LogP contribution < -0.4 is 5.32 Å². The second-order valence-corrected chi connectivity index (χ2v) is 5.71. The van der Waals surface area contributed by atoms with Gasteiger partial charge in [-0.25, -0.2) is 0 Å². The first-order valence-corrected chi connectivity index (χ1v) is 6.99. The molecule has 0 spiro atoms. The number of nitrogens with one attached hydrogen (secondary N) is 2. The molecule has 0 fully saturated rings. The Morgan fingerprint density at radius 2 is 2.35 bits per heavy atom. The second-order valence-electron chi connectivity index (χ2n) is 5.71. The third-order valence-corrected chi connectivity index (χ3v) is 4.55. The number of hydrogen-bond donors (Lipinski definition) is 2. The van der Waals surface area contributed by atoms with E-state index < -0.39 is 0 Å². The van der Waals surface area contributed by atoms with Crippen molar-refractivity contribution >= 4 is 22.9 Å². The lowest BCUT2D eigenvalue weighted by Gasteiger charge is -2.39. The Bertz CT molecular complexity index is 716. The summed E-state index contributed by atoms with van der Waals surface area (Å²) >= 11 is 0. The van der Waals surface area contributed by atoms with Crippen molar-refractivity contribution in [1.82, 2.24) is 15.2 Å². The quantitative estimate of drug-likeness (QED) is 0.811. The summed E-state index contributed by atoms with van der Waals surface area (Å²) in [6, 6.07) is 6.91. The topological polar surface area (TPSA) is 48.1 Å². The number of fused-ring (bicyclic) bond motifs is 2. The molecule has 1 amide bonds. The third kappa shape index (κ3) is 1.55. The van der Waals surface area contributed by atoms with Crippen LogP contribution in [0.1, 0.15) is 11.1 Å². The van der Waals surface area contributed by atoms with Crippen LogP contribution in [-0.2, 0) is 11.2 Å². The van der Waals surface area contributed by atoms with E-state index in [0.29, 0.717) is 6.04 Å². The number of amides is 1. The van der Waals surface area contributed by atoms with Gasteiger partial charge in [0.05, 0.1) is 6.04 Å². The first kappa shape index (κ1) is 11.7. The number of aromatic amines is 1. The highest BCUT2D eigenvalue weighted by atomic mass is 16.1. The van der Waals surface area contributed by atoms with Gasteiger partial charge in [-0.1, -0.05) is 18.2 Å². The molecule has 4 rings (SSSR count). The van der Waals surface area contributed by atoms with E-state index in [9.17, 15) is 4.79 Å². The predicted molar refractivity (Wildman–Crippen MR) is 79.4 cm³/mol. The van der Waals surface area contributed by atoms with E-state index in [0.717, 1.165) is 19.4 Å². The molecule has 2 aromatic rings. The summed E-state index contributed by atoms with van der Waals surface area (Å²) in [5.41, 5.74) is 5.24. The molecule has 2 heterocycles. The number of carbonyl (C=O) groups is 1. The number of aromatic nitrogens is 1. The molecule has 2 aliphatic rings. The van der Waals surface area contributed by atoms with Crippen LogP contribution in [0.4, 0.5) is 0 Å². The van der Waals surface area contributed by atoms with Crippen LogP contribution in [-0.4, -0.2) is 42.0 Å². The Balaban J connectivity index is 1.91. The normalized spacial score (nSPS) is 25.1. The maximum absolute atomic E-state index is 10.7. The van der Waals surface area contributed by atoms with Crippen LogP contribution in [0.3, 0.4) is 0 Å². The van der Waals surface area contributed by atoms with E-state index in [-0.39, 0.29) is 6.04 Å². The van der Waals surface area contributed by atoms with E-state index >= 15 is 0 Å². The maximum atomic E-state index is 10.7. The van der Waals surface area contributed by atoms with Crippen LogP contribution >= 0.6 is 0 Å². The first-order chi connectivity index (χ1) is 9.78. The number of carbonyl (C=O) groups excluding carboxylic acids is 1. The van der Waals surface area contributed by atoms with Crippen molar-refractivity contribution in [2.45, 2.75) is 18.5 Å². The highest BCUT2D eigenvalue weighted by Gasteiger charge is 2.33. The minimum absolute atomic E-state index is 0.0968. The molecule has 4 heteroatoms. The van der Waals surface area contributed by atoms with Gasteiger partial charge in [-0.05, 0) is 36.2 Å². The lowest BCUT2D eigenvalue weighted by molar-refractivity contribution is -0.110. The van der Waals surface area contributed by atoms with E-state index in [2.05, 4.69) is 52.7 Å². The predicted octanol–water partition coefficient (Wildman–Crippen LogP) is 1.54. The SMILES string of the molecule is CN1CC(NC=O)C=C2c3cccc4[nH]cc(c34)CC21. The summed E-state index contributed by atoms with van der Waals surface area (Å²) in [5, 5.41) is 4.23. The molecule has 0 saturated heterocycles. The zero-order chi connectivity index (χ0) is 13.7. The first-order valence-electron chi connectivity index (χ1n) is 6.99. The summed E-state index contributed by atoms with van der Waals surface area (Å²) in [7, 11) is 2.13. The highest BCUT2D eigenvalue weighted by molar-refractivity contribution is 5.98. The molecular weight excluding hydrogens is 250 g/mol. The number of nitrogens with zero attached hydrogens (tertiary/aromatic N) is 1. The van der Waals surface area contributed by atoms with Crippen LogP contribution in [0.5, 0.6) is 0 Å². The number of hydrogen-bond acceptors (Lipinski definition) is 2. The zero-order valence-corrected chi connectivity index (χ0v) is 11.4. The van der Waals surface area contributed by atoms with Gasteiger partial charge in [0.15, 0.2) is 0 Å². The van der Waals surface area contributed by atoms with Crippen LogP contribution in [0.15, 0.2) is 30.5 Å². The van der Waals surface area contributed by atoms with Crippen molar-refractivity contribution in [1.29, 1.82) is 0 Å². The van der Waals surface area contributed by atoms with Crippen molar-refractivity contribution in [2.75, 3.05) is 13.6 Å². The van der Waals surface area contributed by atoms with E-state index in [4.69, 9.17) is 0 Å². The van der Waals surface area contributed by atoms with Crippen molar-refractivity contribution in [3.05, 3.63) is 41.6 Å². The second kappa shape index (κ2) is 4.21. The van der Waals surface area contributed by atoms with Gasteiger partial charge in [-0.3, -0.25) is 9.69 Å². The molecular formula is C16H17N3O. The Labute approximate surface area is 117 Å². The molecule has 4 nitrogen and oxygen atoms in total. The Kier molecular flexibility index (Phi) is 2.47. The monoisotopic (exact) mass is 267 g/mol. The highest BCUT2D eigenvalue weighted by Crippen LogP contribution is 2.39. The fourth-order valence-corrected chi connectivity index (χ4v) is 3.64. The van der Waals surface area contributed by atoms with Crippen LogP contribution in [0.2, 0.25) is 0 Å². The molecule has 102 valence electrons. The molecule has 2 unspecified atom stereocenters. The molecule has 1 aromatic heterocycles. The standard InChI is InChI=1S/C16H17N3O/c1-19-8-11(18-9-20)6-13-12-3-2-4-14-16(12)10(7-17-14)5-15(13)19/h2-4,6-7,9,11,15,17H,5,8H2,1H3,(H,18,20). The molecule has 2 N–H and O–H groups in total. The van der Waals surface area contributed by atoms with Crippen LogP contribution in [0.25, 0.3) is 16.5 Å². The summed E-state index contributed by atoms with van der Waals surface area (Å²) in [6.07, 6.45) is 6.19. The van der Waals surface area contributed by atoms with Gasteiger partial charge in [-0.15, -0.1) is 0 Å². The number of benzene rings is 1. The van der Waals surface area contributed by atoms with Crippen molar-refractivity contribution in [3.63, 3.8) is 0 Å². The van der Waals surface area contributed by atoms with Gasteiger partial charge in [0, 0.05) is 29.7 Å². The number of likely N-dealkylation sites (N-methyl/N-ethyl adjacent to an activating group) is 1. The third-order valence-electron chi connectivity index (χ3n) is 4.55. The van der Waals surface area contributed by atoms with Gasteiger partial charge >= 0.3 is 0 Å². The Hall–Kier alpha value is -2.07. The minimum atomic E-state index is 0.0968. The molecule has 20 heavy (non-hydrogen) atoms. The van der Waals surface area contributed by atoms with Crippen molar-refractivity contribution in [3.8, 4) is 0 Å².